The van der Waals surface area contributed by atoms with E-state index in [0.717, 1.165) is 16.7 Å². The average Bonchev–Trinajstić information content (AvgIpc) is 3.13. The number of hydrogen-bond acceptors (Lipinski definition) is 6. The van der Waals surface area contributed by atoms with E-state index in [2.05, 4.69) is 11.8 Å². The second kappa shape index (κ2) is 18.5. The third kappa shape index (κ3) is 11.8. The molecule has 15 heteroatoms. The van der Waals surface area contributed by atoms with Crippen molar-refractivity contribution in [1.29, 1.82) is 0 Å². The van der Waals surface area contributed by atoms with Crippen molar-refractivity contribution < 1.29 is 49.8 Å². The Hall–Kier alpha value is -3.59. The van der Waals surface area contributed by atoms with Crippen LogP contribution in [0.5, 0.6) is 5.75 Å². The van der Waals surface area contributed by atoms with Crippen LogP contribution in [0.3, 0.4) is 0 Å². The Bertz CT molecular complexity index is 1880. The zero-order valence-electron chi connectivity index (χ0n) is 32.7. The number of nitrogens with zero attached hydrogens (tertiary/aromatic N) is 1. The van der Waals surface area contributed by atoms with Crippen molar-refractivity contribution in [1.82, 2.24) is 4.90 Å². The number of carbonyl (C=O) groups is 1. The fourth-order valence-corrected chi connectivity index (χ4v) is 7.63. The van der Waals surface area contributed by atoms with Crippen molar-refractivity contribution in [2.45, 2.75) is 88.4 Å². The first kappa shape index (κ1) is 46.1. The van der Waals surface area contributed by atoms with Crippen LogP contribution in [0.2, 0.25) is 10.0 Å². The van der Waals surface area contributed by atoms with Gasteiger partial charge in [0.2, 0.25) is 0 Å². The fraction of sp³-hybridized carbons (Fsp3) is 0.405. The van der Waals surface area contributed by atoms with Crippen molar-refractivity contribution in [3.63, 3.8) is 0 Å². The van der Waals surface area contributed by atoms with Crippen LogP contribution in [0.1, 0.15) is 79.6 Å². The number of benzene rings is 4. The van der Waals surface area contributed by atoms with Crippen LogP contribution in [0, 0.1) is 0 Å². The van der Waals surface area contributed by atoms with Gasteiger partial charge in [0.1, 0.15) is 11.4 Å². The molecular weight excluding hydrogens is 811 g/mol. The fourth-order valence-electron chi connectivity index (χ4n) is 6.56. The third-order valence-corrected chi connectivity index (χ3v) is 11.2. The maximum atomic E-state index is 15.0. The van der Waals surface area contributed by atoms with Gasteiger partial charge in [0.25, 0.3) is 15.6 Å². The van der Waals surface area contributed by atoms with Gasteiger partial charge in [0, 0.05) is 23.1 Å². The Morgan fingerprint density at radius 2 is 1.35 bits per heavy atom. The molecule has 4 aromatic carbocycles. The minimum atomic E-state index is -5.47. The Morgan fingerprint density at radius 1 is 0.807 bits per heavy atom. The van der Waals surface area contributed by atoms with Crippen LogP contribution >= 0.6 is 23.2 Å². The second-order valence-electron chi connectivity index (χ2n) is 15.0. The normalized spacial score (nSPS) is 15.1. The van der Waals surface area contributed by atoms with Gasteiger partial charge in [-0.15, -0.1) is 0 Å². The maximum Gasteiger partial charge on any atom is 0.446 e. The molecule has 0 heterocycles. The number of carbonyl (C=O) groups excluding carboxylic acids is 1. The molecule has 3 unspecified atom stereocenters. The molecule has 0 aliphatic rings. The number of methoxy groups -OCH3 is 1. The summed E-state index contributed by atoms with van der Waals surface area (Å²) in [6, 6.07) is 27.2. The summed E-state index contributed by atoms with van der Waals surface area (Å²) in [6.45, 7) is 9.06. The van der Waals surface area contributed by atoms with Gasteiger partial charge in [-0.1, -0.05) is 78.7 Å². The summed E-state index contributed by atoms with van der Waals surface area (Å²) in [5.74, 6) is -10.9. The molecule has 0 saturated heterocycles. The molecule has 3 atom stereocenters. The van der Waals surface area contributed by atoms with Crippen molar-refractivity contribution in [2.24, 2.45) is 0 Å². The molecule has 6 nitrogen and oxygen atoms in total. The summed E-state index contributed by atoms with van der Waals surface area (Å²) in [7, 11) is -1.18. The summed E-state index contributed by atoms with van der Waals surface area (Å²) in [5.41, 5.74) is 1.66. The number of esters is 1. The highest BCUT2D eigenvalue weighted by Crippen LogP contribution is 2.45. The Kier molecular flexibility index (Phi) is 15.0. The molecule has 4 aromatic rings. The van der Waals surface area contributed by atoms with Gasteiger partial charge >= 0.3 is 17.9 Å². The lowest BCUT2D eigenvalue weighted by Crippen LogP contribution is -2.63. The first-order valence-corrected chi connectivity index (χ1v) is 20.2. The number of alkyl halides is 6. The van der Waals surface area contributed by atoms with Crippen molar-refractivity contribution in [3.8, 4) is 5.75 Å². The summed E-state index contributed by atoms with van der Waals surface area (Å²) < 4.78 is 106. The average molecular weight is 859 g/mol. The maximum absolute atomic E-state index is 15.0. The van der Waals surface area contributed by atoms with Crippen LogP contribution in [0.25, 0.3) is 0 Å². The van der Waals surface area contributed by atoms with E-state index in [1.807, 2.05) is 55.6 Å². The second-order valence-corrected chi connectivity index (χ2v) is 17.2. The van der Waals surface area contributed by atoms with Gasteiger partial charge < -0.3 is 18.6 Å². The summed E-state index contributed by atoms with van der Waals surface area (Å²) in [6.07, 6.45) is -6.38. The zero-order valence-corrected chi connectivity index (χ0v) is 35.7. The number of rotatable bonds is 16. The largest absolute Gasteiger partial charge is 0.484 e. The van der Waals surface area contributed by atoms with Gasteiger partial charge in [-0.25, -0.2) is 4.79 Å². The van der Waals surface area contributed by atoms with Crippen LogP contribution in [0.15, 0.2) is 97.1 Å². The van der Waals surface area contributed by atoms with Gasteiger partial charge in [-0.05, 0) is 125 Å². The summed E-state index contributed by atoms with van der Waals surface area (Å²) in [4.78, 5) is 15.1. The summed E-state index contributed by atoms with van der Waals surface area (Å²) in [5, 5.41) is 1.23. The van der Waals surface area contributed by atoms with E-state index in [9.17, 15) is 18.0 Å². The SMILES string of the molecule is COC(O[SiH2]C(F)(F)F)(C(Oc1ccc(CCCN(C)C(C)(c2ccc(Cl)cc2)c2ccc(Cl)cc2)cc1)C(C)c1cccc(C(=O)OC(C)(C)C)c1)C(F)(F)F. The standard InChI is InChI=1S/C42H47Cl2F6NO5Si/c1-27(29-11-8-12-30(26-29)37(52)55-38(2,3)4)36(40(53-7,41(45,46)47)56-57-42(48,49)50)54-35-23-13-28(14-24-35)10-9-25-51(6)39(5,31-15-19-33(43)20-16-31)32-17-21-34(44)22-18-32/h8,11-24,26-27,36H,9-10,25,57H2,1-7H3. The molecule has 0 amide bonds. The predicted molar refractivity (Wildman–Crippen MR) is 213 cm³/mol. The number of ether oxygens (including phenoxy) is 3. The Labute approximate surface area is 342 Å². The highest BCUT2D eigenvalue weighted by atomic mass is 35.5. The molecule has 0 N–H and O–H groups in total. The Morgan fingerprint density at radius 3 is 1.82 bits per heavy atom. The minimum absolute atomic E-state index is 0.0327. The number of hydrogen-bond donors (Lipinski definition) is 0. The highest BCUT2D eigenvalue weighted by Gasteiger charge is 2.65. The van der Waals surface area contributed by atoms with E-state index >= 15 is 13.2 Å². The first-order valence-electron chi connectivity index (χ1n) is 18.1. The smallest absolute Gasteiger partial charge is 0.446 e. The summed E-state index contributed by atoms with van der Waals surface area (Å²) >= 11 is 12.4. The molecule has 0 aliphatic carbocycles. The van der Waals surface area contributed by atoms with Gasteiger partial charge in [-0.3, -0.25) is 4.90 Å². The van der Waals surface area contributed by atoms with Crippen molar-refractivity contribution >= 4 is 38.9 Å². The zero-order chi connectivity index (χ0) is 42.4. The lowest BCUT2D eigenvalue weighted by Gasteiger charge is -2.43. The van der Waals surface area contributed by atoms with E-state index in [4.69, 9.17) is 41.8 Å². The topological polar surface area (TPSA) is 57.2 Å². The first-order chi connectivity index (χ1) is 26.5. The lowest BCUT2D eigenvalue weighted by molar-refractivity contribution is -0.375. The Balaban J connectivity index is 1.60. The van der Waals surface area contributed by atoms with E-state index in [1.165, 1.54) is 43.3 Å². The molecule has 0 fully saturated rings. The number of halogens is 8. The van der Waals surface area contributed by atoms with E-state index in [-0.39, 0.29) is 16.9 Å². The monoisotopic (exact) mass is 857 g/mol. The van der Waals surface area contributed by atoms with E-state index < -0.39 is 56.7 Å². The third-order valence-electron chi connectivity index (χ3n) is 9.75. The van der Waals surface area contributed by atoms with E-state index in [1.54, 1.807) is 32.9 Å². The number of aryl methyl sites for hydroxylation is 1. The quantitative estimate of drug-likeness (QED) is 0.0484. The minimum Gasteiger partial charge on any atom is -0.484 e. The molecule has 0 aromatic heterocycles. The van der Waals surface area contributed by atoms with Crippen molar-refractivity contribution in [2.75, 3.05) is 20.7 Å². The molecular formula is C42H47Cl2F6NO5Si. The molecule has 0 radical (unpaired) electrons. The van der Waals surface area contributed by atoms with Crippen LogP contribution in [0.4, 0.5) is 26.3 Å². The molecule has 310 valence electrons. The molecule has 0 saturated carbocycles. The molecule has 0 spiro atoms. The molecule has 57 heavy (non-hydrogen) atoms. The van der Waals surface area contributed by atoms with Crippen LogP contribution < -0.4 is 4.74 Å². The van der Waals surface area contributed by atoms with Crippen molar-refractivity contribution in [3.05, 3.63) is 135 Å². The van der Waals surface area contributed by atoms with E-state index in [0.29, 0.717) is 36.5 Å². The van der Waals surface area contributed by atoms with Gasteiger partial charge in [0.05, 0.1) is 11.1 Å². The highest BCUT2D eigenvalue weighted by molar-refractivity contribution is 6.31. The predicted octanol–water partition coefficient (Wildman–Crippen LogP) is 10.9. The van der Waals surface area contributed by atoms with Crippen LogP contribution in [-0.2, 0) is 25.9 Å². The van der Waals surface area contributed by atoms with Gasteiger partial charge in [-0.2, -0.15) is 26.3 Å². The molecule has 4 rings (SSSR count). The molecule has 0 aliphatic heterocycles. The van der Waals surface area contributed by atoms with Crippen LogP contribution in [-0.4, -0.2) is 70.8 Å². The lowest BCUT2D eigenvalue weighted by atomic mass is 9.83. The molecule has 0 bridgehead atoms. The van der Waals surface area contributed by atoms with Gasteiger partial charge in [0.15, 0.2) is 6.10 Å².